The van der Waals surface area contributed by atoms with Crippen LogP contribution < -0.4 is 4.74 Å². The summed E-state index contributed by atoms with van der Waals surface area (Å²) in [5.41, 5.74) is -0.689. The van der Waals surface area contributed by atoms with Gasteiger partial charge in [0.25, 0.3) is 5.91 Å². The molecule has 4 rings (SSSR count). The summed E-state index contributed by atoms with van der Waals surface area (Å²) in [6.45, 7) is 1.36. The van der Waals surface area contributed by atoms with E-state index in [-0.39, 0.29) is 30.6 Å². The van der Waals surface area contributed by atoms with E-state index in [1.807, 2.05) is 35.2 Å². The van der Waals surface area contributed by atoms with Crippen LogP contribution in [0.5, 0.6) is 5.75 Å². The van der Waals surface area contributed by atoms with Crippen LogP contribution in [0.2, 0.25) is 0 Å². The minimum absolute atomic E-state index is 0.0331. The third-order valence-electron chi connectivity index (χ3n) is 6.65. The first-order valence-corrected chi connectivity index (χ1v) is 10.6. The molecule has 1 spiro atoms. The smallest absolute Gasteiger partial charge is 0.261 e. The van der Waals surface area contributed by atoms with Gasteiger partial charge in [-0.3, -0.25) is 9.59 Å². The van der Waals surface area contributed by atoms with E-state index in [0.29, 0.717) is 12.3 Å². The molecule has 2 amide bonds. The highest BCUT2D eigenvalue weighted by atomic mass is 16.5. The lowest BCUT2D eigenvalue weighted by atomic mass is 9.82. The van der Waals surface area contributed by atoms with Crippen LogP contribution in [0.15, 0.2) is 30.3 Å². The van der Waals surface area contributed by atoms with Gasteiger partial charge < -0.3 is 19.6 Å². The number of piperidine rings is 1. The predicted octanol–water partition coefficient (Wildman–Crippen LogP) is 2.35. The topological polar surface area (TPSA) is 70.1 Å². The molecule has 1 aromatic rings. The Balaban J connectivity index is 1.45. The Morgan fingerprint density at radius 1 is 1.07 bits per heavy atom. The number of nitrogens with zero attached hydrogens (tertiary/aromatic N) is 2. The van der Waals surface area contributed by atoms with Gasteiger partial charge in [0, 0.05) is 19.1 Å². The van der Waals surface area contributed by atoms with Crippen LogP contribution in [-0.4, -0.2) is 64.1 Å². The number of benzene rings is 1. The Morgan fingerprint density at radius 2 is 1.75 bits per heavy atom. The summed E-state index contributed by atoms with van der Waals surface area (Å²) < 4.78 is 5.66. The Hall–Kier alpha value is -2.08. The minimum atomic E-state index is -0.689. The third-order valence-corrected chi connectivity index (χ3v) is 6.65. The molecule has 6 nitrogen and oxygen atoms in total. The quantitative estimate of drug-likeness (QED) is 0.862. The lowest BCUT2D eigenvalue weighted by Crippen LogP contribution is -2.63. The maximum atomic E-state index is 13.5. The fourth-order valence-electron chi connectivity index (χ4n) is 5.20. The van der Waals surface area contributed by atoms with Crippen LogP contribution >= 0.6 is 0 Å². The molecule has 6 heteroatoms. The summed E-state index contributed by atoms with van der Waals surface area (Å²) in [6, 6.07) is 9.52. The van der Waals surface area contributed by atoms with E-state index in [1.165, 1.54) is 0 Å². The zero-order chi connectivity index (χ0) is 19.6. The van der Waals surface area contributed by atoms with Gasteiger partial charge in [0.15, 0.2) is 6.61 Å². The van der Waals surface area contributed by atoms with E-state index >= 15 is 0 Å². The van der Waals surface area contributed by atoms with Gasteiger partial charge in [-0.05, 0) is 63.5 Å². The maximum Gasteiger partial charge on any atom is 0.261 e. The van der Waals surface area contributed by atoms with Crippen molar-refractivity contribution in [3.63, 3.8) is 0 Å². The van der Waals surface area contributed by atoms with Crippen molar-refractivity contribution < 1.29 is 19.4 Å². The number of ether oxygens (including phenoxy) is 1. The molecule has 1 aliphatic carbocycles. The number of aliphatic hydroxyl groups excluding tert-OH is 1. The first-order chi connectivity index (χ1) is 13.6. The van der Waals surface area contributed by atoms with Crippen molar-refractivity contribution in [2.24, 2.45) is 0 Å². The van der Waals surface area contributed by atoms with Gasteiger partial charge in [0.1, 0.15) is 11.3 Å². The highest BCUT2D eigenvalue weighted by Crippen LogP contribution is 2.40. The molecule has 1 N–H and O–H groups in total. The Kier molecular flexibility index (Phi) is 5.58. The average molecular weight is 386 g/mol. The number of hydrogen-bond acceptors (Lipinski definition) is 4. The maximum absolute atomic E-state index is 13.5. The molecule has 1 atom stereocenters. The number of aliphatic hydroxyl groups is 1. The van der Waals surface area contributed by atoms with Crippen molar-refractivity contribution in [2.45, 2.75) is 69.1 Å². The molecular formula is C22H30N2O4. The molecule has 2 aliphatic heterocycles. The van der Waals surface area contributed by atoms with Crippen molar-refractivity contribution in [1.82, 2.24) is 9.80 Å². The van der Waals surface area contributed by atoms with Crippen LogP contribution in [0.1, 0.15) is 51.4 Å². The molecule has 28 heavy (non-hydrogen) atoms. The van der Waals surface area contributed by atoms with Crippen LogP contribution in [0.3, 0.4) is 0 Å². The van der Waals surface area contributed by atoms with Gasteiger partial charge in [-0.2, -0.15) is 0 Å². The average Bonchev–Trinajstić information content (AvgIpc) is 3.14. The van der Waals surface area contributed by atoms with Crippen LogP contribution in [0, 0.1) is 0 Å². The SMILES string of the molecule is O=C(COc1ccccc1)N1CCCC12CCCN(C1CCC(O)CC1)C2=O. The summed E-state index contributed by atoms with van der Waals surface area (Å²) in [7, 11) is 0. The van der Waals surface area contributed by atoms with Crippen molar-refractivity contribution in [2.75, 3.05) is 19.7 Å². The normalized spacial score (nSPS) is 30.7. The monoisotopic (exact) mass is 386 g/mol. The minimum Gasteiger partial charge on any atom is -0.484 e. The molecule has 2 saturated heterocycles. The lowest BCUT2D eigenvalue weighted by Gasteiger charge is -2.48. The van der Waals surface area contributed by atoms with E-state index in [1.54, 1.807) is 4.90 Å². The third kappa shape index (κ3) is 3.62. The number of carbonyl (C=O) groups is 2. The van der Waals surface area contributed by atoms with Gasteiger partial charge in [-0.1, -0.05) is 18.2 Å². The number of amides is 2. The molecule has 3 fully saturated rings. The van der Waals surface area contributed by atoms with Crippen LogP contribution in [0.4, 0.5) is 0 Å². The van der Waals surface area contributed by atoms with Crippen molar-refractivity contribution in [3.05, 3.63) is 30.3 Å². The van der Waals surface area contributed by atoms with Crippen LogP contribution in [0.25, 0.3) is 0 Å². The zero-order valence-corrected chi connectivity index (χ0v) is 16.4. The molecule has 0 radical (unpaired) electrons. The Labute approximate surface area is 166 Å². The summed E-state index contributed by atoms with van der Waals surface area (Å²) in [6.07, 6.45) is 6.27. The highest BCUT2D eigenvalue weighted by molar-refractivity contribution is 5.93. The van der Waals surface area contributed by atoms with Gasteiger partial charge in [-0.25, -0.2) is 0 Å². The number of carbonyl (C=O) groups excluding carboxylic acids is 2. The van der Waals surface area contributed by atoms with Crippen LogP contribution in [-0.2, 0) is 9.59 Å². The molecule has 1 unspecified atom stereocenters. The van der Waals surface area contributed by atoms with Crippen molar-refractivity contribution in [1.29, 1.82) is 0 Å². The molecule has 1 aromatic carbocycles. The standard InChI is InChI=1S/C22H30N2O4/c25-18-10-8-17(9-11-18)23-14-4-12-22(21(23)27)13-5-15-24(22)20(26)16-28-19-6-2-1-3-7-19/h1-3,6-7,17-18,25H,4-5,8-16H2. The lowest BCUT2D eigenvalue weighted by molar-refractivity contribution is -0.159. The van der Waals surface area contributed by atoms with E-state index in [0.717, 1.165) is 57.9 Å². The second-order valence-corrected chi connectivity index (χ2v) is 8.35. The zero-order valence-electron chi connectivity index (χ0n) is 16.4. The van der Waals surface area contributed by atoms with E-state index in [2.05, 4.69) is 0 Å². The summed E-state index contributed by atoms with van der Waals surface area (Å²) in [4.78, 5) is 30.3. The Morgan fingerprint density at radius 3 is 2.46 bits per heavy atom. The first kappa shape index (κ1) is 19.2. The summed E-state index contributed by atoms with van der Waals surface area (Å²) >= 11 is 0. The second-order valence-electron chi connectivity index (χ2n) is 8.35. The number of likely N-dealkylation sites (tertiary alicyclic amines) is 2. The number of para-hydroxylation sites is 1. The molecule has 0 bridgehead atoms. The van der Waals surface area contributed by atoms with E-state index in [4.69, 9.17) is 4.74 Å². The molecule has 1 saturated carbocycles. The molecule has 3 aliphatic rings. The largest absolute Gasteiger partial charge is 0.484 e. The van der Waals surface area contributed by atoms with Crippen molar-refractivity contribution >= 4 is 11.8 Å². The van der Waals surface area contributed by atoms with E-state index in [9.17, 15) is 14.7 Å². The van der Waals surface area contributed by atoms with Gasteiger partial charge in [0.2, 0.25) is 5.91 Å². The van der Waals surface area contributed by atoms with E-state index < -0.39 is 5.54 Å². The molecule has 0 aromatic heterocycles. The van der Waals surface area contributed by atoms with Gasteiger partial charge >= 0.3 is 0 Å². The number of hydrogen-bond donors (Lipinski definition) is 1. The first-order valence-electron chi connectivity index (χ1n) is 10.6. The fraction of sp³-hybridized carbons (Fsp3) is 0.636. The fourth-order valence-corrected chi connectivity index (χ4v) is 5.20. The molecule has 152 valence electrons. The molecule has 2 heterocycles. The summed E-state index contributed by atoms with van der Waals surface area (Å²) in [5, 5.41) is 9.79. The molecular weight excluding hydrogens is 356 g/mol. The Bertz CT molecular complexity index is 702. The predicted molar refractivity (Wildman–Crippen MR) is 105 cm³/mol. The highest BCUT2D eigenvalue weighted by Gasteiger charge is 2.53. The van der Waals surface area contributed by atoms with Crippen molar-refractivity contribution in [3.8, 4) is 5.75 Å². The second kappa shape index (κ2) is 8.11. The number of rotatable bonds is 4. The van der Waals surface area contributed by atoms with Gasteiger partial charge in [-0.15, -0.1) is 0 Å². The summed E-state index contributed by atoms with van der Waals surface area (Å²) in [5.74, 6) is 0.683. The van der Waals surface area contributed by atoms with Gasteiger partial charge in [0.05, 0.1) is 6.10 Å².